The highest BCUT2D eigenvalue weighted by atomic mass is 16.3. The van der Waals surface area contributed by atoms with Gasteiger partial charge in [-0.1, -0.05) is 24.3 Å². The van der Waals surface area contributed by atoms with Gasteiger partial charge in [0.15, 0.2) is 11.6 Å². The van der Waals surface area contributed by atoms with E-state index in [4.69, 9.17) is 0 Å². The van der Waals surface area contributed by atoms with Crippen LogP contribution in [0.1, 0.15) is 30.5 Å². The molecule has 0 saturated heterocycles. The molecule has 0 aliphatic carbocycles. The number of nitrogens with zero attached hydrogens (tertiary/aromatic N) is 2. The lowest BCUT2D eigenvalue weighted by molar-refractivity contribution is -0.129. The molecule has 1 aliphatic rings. The van der Waals surface area contributed by atoms with Gasteiger partial charge in [0.05, 0.1) is 12.5 Å². The molecule has 6 heteroatoms. The van der Waals surface area contributed by atoms with Crippen molar-refractivity contribution < 1.29 is 14.7 Å². The van der Waals surface area contributed by atoms with E-state index in [9.17, 15) is 14.7 Å². The first-order valence-corrected chi connectivity index (χ1v) is 7.56. The molecular weight excluding hydrogens is 306 g/mol. The van der Waals surface area contributed by atoms with Crippen LogP contribution in [0.4, 0.5) is 5.82 Å². The summed E-state index contributed by atoms with van der Waals surface area (Å²) in [7, 11) is 0. The minimum absolute atomic E-state index is 0.0664. The summed E-state index contributed by atoms with van der Waals surface area (Å²) in [4.78, 5) is 29.8. The van der Waals surface area contributed by atoms with Gasteiger partial charge in [0.2, 0.25) is 11.8 Å². The molecule has 0 spiro atoms. The highest BCUT2D eigenvalue weighted by molar-refractivity contribution is 5.92. The van der Waals surface area contributed by atoms with Crippen molar-refractivity contribution >= 4 is 23.7 Å². The Bertz CT molecular complexity index is 817. The zero-order valence-electron chi connectivity index (χ0n) is 13.1. The zero-order valence-corrected chi connectivity index (χ0v) is 13.1. The summed E-state index contributed by atoms with van der Waals surface area (Å²) in [6.07, 6.45) is 5.10. The molecule has 1 unspecified atom stereocenters. The molecule has 122 valence electrons. The molecular formula is C18H17N3O3. The number of hydrogen-bond donors (Lipinski definition) is 2. The van der Waals surface area contributed by atoms with Gasteiger partial charge in [-0.25, -0.2) is 4.98 Å². The number of carbonyl (C=O) groups is 2. The Kier molecular flexibility index (Phi) is 4.29. The van der Waals surface area contributed by atoms with Crippen molar-refractivity contribution in [2.24, 2.45) is 0 Å². The predicted octanol–water partition coefficient (Wildman–Crippen LogP) is 2.69. The average molecular weight is 323 g/mol. The van der Waals surface area contributed by atoms with Gasteiger partial charge in [-0.05, 0) is 29.3 Å². The van der Waals surface area contributed by atoms with Gasteiger partial charge in [-0.3, -0.25) is 9.59 Å². The second-order valence-electron chi connectivity index (χ2n) is 5.51. The maximum absolute atomic E-state index is 12.4. The first-order chi connectivity index (χ1) is 11.6. The molecule has 1 aromatic carbocycles. The Hall–Kier alpha value is -3.15. The van der Waals surface area contributed by atoms with Crippen LogP contribution in [0.5, 0.6) is 5.75 Å². The van der Waals surface area contributed by atoms with Crippen LogP contribution in [-0.2, 0) is 9.59 Å². The molecule has 6 nitrogen and oxygen atoms in total. The summed E-state index contributed by atoms with van der Waals surface area (Å²) in [5, 5.41) is 12.3. The molecule has 1 aromatic heterocycles. The van der Waals surface area contributed by atoms with E-state index in [2.05, 4.69) is 10.3 Å². The standard InChI is InChI=1S/C18H17N3O3/c1-12(22)21-10-8-13-5-2-3-6-14(13)15(21)11-17(24)20-18-16(23)7-4-9-19-18/h2-10,15,23H,11H2,1H3,(H,19,20,24). The SMILES string of the molecule is CC(=O)N1C=Cc2ccccc2C1CC(=O)Nc1ncccc1O. The summed E-state index contributed by atoms with van der Waals surface area (Å²) in [6.45, 7) is 1.47. The van der Waals surface area contributed by atoms with Crippen molar-refractivity contribution in [1.29, 1.82) is 0 Å². The summed E-state index contributed by atoms with van der Waals surface area (Å²) in [5.41, 5.74) is 1.89. The van der Waals surface area contributed by atoms with E-state index < -0.39 is 6.04 Å². The van der Waals surface area contributed by atoms with Crippen LogP contribution in [0.25, 0.3) is 6.08 Å². The van der Waals surface area contributed by atoms with Crippen molar-refractivity contribution in [3.63, 3.8) is 0 Å². The zero-order chi connectivity index (χ0) is 17.1. The number of aromatic hydroxyl groups is 1. The quantitative estimate of drug-likeness (QED) is 0.910. The first kappa shape index (κ1) is 15.7. The number of benzene rings is 1. The number of anilines is 1. The largest absolute Gasteiger partial charge is 0.504 e. The van der Waals surface area contributed by atoms with E-state index in [1.807, 2.05) is 30.3 Å². The summed E-state index contributed by atoms with van der Waals surface area (Å²) in [6, 6.07) is 10.3. The van der Waals surface area contributed by atoms with Crippen LogP contribution < -0.4 is 5.32 Å². The molecule has 0 bridgehead atoms. The van der Waals surface area contributed by atoms with E-state index in [0.717, 1.165) is 11.1 Å². The number of nitrogens with one attached hydrogen (secondary N) is 1. The van der Waals surface area contributed by atoms with Gasteiger partial charge in [0.1, 0.15) is 0 Å². The van der Waals surface area contributed by atoms with Crippen LogP contribution in [0.2, 0.25) is 0 Å². The van der Waals surface area contributed by atoms with Gasteiger partial charge in [0, 0.05) is 19.3 Å². The van der Waals surface area contributed by atoms with Crippen LogP contribution in [0.3, 0.4) is 0 Å². The van der Waals surface area contributed by atoms with E-state index in [1.165, 1.54) is 19.2 Å². The third-order valence-electron chi connectivity index (χ3n) is 3.89. The molecule has 1 atom stereocenters. The second-order valence-corrected chi connectivity index (χ2v) is 5.51. The van der Waals surface area contributed by atoms with Crippen LogP contribution >= 0.6 is 0 Å². The molecule has 0 radical (unpaired) electrons. The average Bonchev–Trinajstić information content (AvgIpc) is 2.57. The summed E-state index contributed by atoms with van der Waals surface area (Å²) in [5.74, 6) is -0.459. The number of aromatic nitrogens is 1. The second kappa shape index (κ2) is 6.54. The lowest BCUT2D eigenvalue weighted by Crippen LogP contribution is -2.33. The molecule has 2 amide bonds. The summed E-state index contributed by atoms with van der Waals surface area (Å²) < 4.78 is 0. The molecule has 2 N–H and O–H groups in total. The van der Waals surface area contributed by atoms with E-state index in [1.54, 1.807) is 17.2 Å². The first-order valence-electron chi connectivity index (χ1n) is 7.56. The lowest BCUT2D eigenvalue weighted by atomic mass is 9.93. The number of hydrogen-bond acceptors (Lipinski definition) is 4. The number of pyridine rings is 1. The fraction of sp³-hybridized carbons (Fsp3) is 0.167. The van der Waals surface area contributed by atoms with Gasteiger partial charge in [-0.15, -0.1) is 0 Å². The highest BCUT2D eigenvalue weighted by Crippen LogP contribution is 2.33. The third kappa shape index (κ3) is 3.12. The monoisotopic (exact) mass is 323 g/mol. The smallest absolute Gasteiger partial charge is 0.228 e. The molecule has 3 rings (SSSR count). The lowest BCUT2D eigenvalue weighted by Gasteiger charge is -2.32. The van der Waals surface area contributed by atoms with Crippen LogP contribution in [0, 0.1) is 0 Å². The molecule has 0 saturated carbocycles. The van der Waals surface area contributed by atoms with Crippen molar-refractivity contribution in [3.05, 3.63) is 59.9 Å². The Labute approximate surface area is 139 Å². The Balaban J connectivity index is 1.83. The van der Waals surface area contributed by atoms with Crippen LogP contribution in [-0.4, -0.2) is 26.8 Å². The Morgan fingerprint density at radius 2 is 2.04 bits per heavy atom. The van der Waals surface area contributed by atoms with Gasteiger partial charge in [0.25, 0.3) is 0 Å². The fourth-order valence-corrected chi connectivity index (χ4v) is 2.77. The fourth-order valence-electron chi connectivity index (χ4n) is 2.77. The molecule has 2 heterocycles. The van der Waals surface area contributed by atoms with E-state index in [0.29, 0.717) is 0 Å². The summed E-state index contributed by atoms with van der Waals surface area (Å²) >= 11 is 0. The maximum Gasteiger partial charge on any atom is 0.228 e. The van der Waals surface area contributed by atoms with E-state index >= 15 is 0 Å². The predicted molar refractivity (Wildman–Crippen MR) is 89.9 cm³/mol. The number of rotatable bonds is 3. The van der Waals surface area contributed by atoms with E-state index in [-0.39, 0.29) is 29.8 Å². The van der Waals surface area contributed by atoms with Crippen molar-refractivity contribution in [2.45, 2.75) is 19.4 Å². The van der Waals surface area contributed by atoms with Gasteiger partial charge >= 0.3 is 0 Å². The maximum atomic E-state index is 12.4. The highest BCUT2D eigenvalue weighted by Gasteiger charge is 2.28. The van der Waals surface area contributed by atoms with Crippen LogP contribution in [0.15, 0.2) is 48.8 Å². The van der Waals surface area contributed by atoms with Gasteiger partial charge < -0.3 is 15.3 Å². The molecule has 0 fully saturated rings. The van der Waals surface area contributed by atoms with Gasteiger partial charge in [-0.2, -0.15) is 0 Å². The number of carbonyl (C=O) groups excluding carboxylic acids is 2. The minimum Gasteiger partial charge on any atom is -0.504 e. The van der Waals surface area contributed by atoms with Crippen molar-refractivity contribution in [1.82, 2.24) is 9.88 Å². The molecule has 24 heavy (non-hydrogen) atoms. The topological polar surface area (TPSA) is 82.5 Å². The normalized spacial score (nSPS) is 15.7. The Morgan fingerprint density at radius 1 is 1.25 bits per heavy atom. The number of fused-ring (bicyclic) bond motifs is 1. The molecule has 1 aliphatic heterocycles. The van der Waals surface area contributed by atoms with Crippen molar-refractivity contribution in [2.75, 3.05) is 5.32 Å². The third-order valence-corrected chi connectivity index (χ3v) is 3.89. The Morgan fingerprint density at radius 3 is 2.79 bits per heavy atom. The minimum atomic E-state index is -0.394. The van der Waals surface area contributed by atoms with Crippen molar-refractivity contribution in [3.8, 4) is 5.75 Å². The number of amides is 2. The molecule has 2 aromatic rings.